The van der Waals surface area contributed by atoms with Crippen molar-refractivity contribution in [3.8, 4) is 5.75 Å². The fourth-order valence-electron chi connectivity index (χ4n) is 2.73. The third-order valence-electron chi connectivity index (χ3n) is 4.31. The number of phenolic OH excluding ortho intramolecular Hbond substituents is 1. The number of anilines is 1. The van der Waals surface area contributed by atoms with Gasteiger partial charge in [-0.1, -0.05) is 6.07 Å². The normalized spacial score (nSPS) is 19.2. The molecule has 1 aliphatic heterocycles. The van der Waals surface area contributed by atoms with Crippen LogP contribution in [0.2, 0.25) is 0 Å². The Labute approximate surface area is 126 Å². The molecule has 3 N–H and O–H groups in total. The predicted molar refractivity (Wildman–Crippen MR) is 83.9 cm³/mol. The third-order valence-corrected chi connectivity index (χ3v) is 4.31. The van der Waals surface area contributed by atoms with Crippen LogP contribution in [0.1, 0.15) is 31.4 Å². The zero-order valence-electron chi connectivity index (χ0n) is 13.1. The highest BCUT2D eigenvalue weighted by Gasteiger charge is 2.31. The summed E-state index contributed by atoms with van der Waals surface area (Å²) < 4.78 is 5.30. The summed E-state index contributed by atoms with van der Waals surface area (Å²) in [4.78, 5) is 1.98. The molecule has 1 fully saturated rings. The van der Waals surface area contributed by atoms with Crippen LogP contribution in [-0.2, 0) is 4.74 Å². The van der Waals surface area contributed by atoms with Gasteiger partial charge in [-0.15, -0.1) is 0 Å². The Kier molecular flexibility index (Phi) is 5.08. The fraction of sp³-hybridized carbons (Fsp3) is 0.625. The molecule has 2 rings (SSSR count). The van der Waals surface area contributed by atoms with E-state index in [1.807, 2.05) is 38.1 Å². The monoisotopic (exact) mass is 294 g/mol. The Morgan fingerprint density at radius 3 is 2.62 bits per heavy atom. The molecule has 0 spiro atoms. The second kappa shape index (κ2) is 6.64. The van der Waals surface area contributed by atoms with E-state index in [0.717, 1.165) is 11.3 Å². The number of aromatic hydroxyl groups is 1. The molecule has 5 heteroatoms. The smallest absolute Gasteiger partial charge is 0.122 e. The lowest BCUT2D eigenvalue weighted by atomic mass is 9.93. The van der Waals surface area contributed by atoms with Crippen molar-refractivity contribution >= 4 is 5.69 Å². The first-order valence-corrected chi connectivity index (χ1v) is 7.47. The van der Waals surface area contributed by atoms with Gasteiger partial charge in [0.1, 0.15) is 5.75 Å². The van der Waals surface area contributed by atoms with Gasteiger partial charge < -0.3 is 25.2 Å². The van der Waals surface area contributed by atoms with E-state index in [-0.39, 0.29) is 11.8 Å². The van der Waals surface area contributed by atoms with Crippen molar-refractivity contribution in [1.29, 1.82) is 0 Å². The summed E-state index contributed by atoms with van der Waals surface area (Å²) in [5.74, 6) is 0.278. The number of rotatable bonds is 5. The summed E-state index contributed by atoms with van der Waals surface area (Å²) in [6.45, 7) is 3.75. The number of hydrogen-bond acceptors (Lipinski definition) is 5. The molecule has 0 radical (unpaired) electrons. The van der Waals surface area contributed by atoms with Gasteiger partial charge in [-0.3, -0.25) is 0 Å². The van der Waals surface area contributed by atoms with Gasteiger partial charge in [-0.25, -0.2) is 0 Å². The molecule has 0 aromatic heterocycles. The molecule has 1 saturated heterocycles. The number of likely N-dealkylation sites (N-methyl/N-ethyl adjacent to an activating group) is 1. The molecule has 1 aromatic rings. The topological polar surface area (TPSA) is 65.0 Å². The van der Waals surface area contributed by atoms with E-state index < -0.39 is 5.60 Å². The highest BCUT2D eigenvalue weighted by molar-refractivity contribution is 5.53. The fourth-order valence-corrected chi connectivity index (χ4v) is 2.73. The van der Waals surface area contributed by atoms with Gasteiger partial charge in [-0.2, -0.15) is 0 Å². The Morgan fingerprint density at radius 2 is 2.05 bits per heavy atom. The van der Waals surface area contributed by atoms with Gasteiger partial charge in [-0.05, 0) is 20.0 Å². The maximum atomic E-state index is 10.6. The maximum absolute atomic E-state index is 10.6. The molecule has 0 saturated carbocycles. The maximum Gasteiger partial charge on any atom is 0.122 e. The van der Waals surface area contributed by atoms with Gasteiger partial charge in [0.05, 0.1) is 5.60 Å². The van der Waals surface area contributed by atoms with E-state index in [0.29, 0.717) is 32.6 Å². The number of ether oxygens (including phenoxy) is 1. The summed E-state index contributed by atoms with van der Waals surface area (Å²) >= 11 is 0. The molecule has 5 nitrogen and oxygen atoms in total. The van der Waals surface area contributed by atoms with Crippen LogP contribution < -0.4 is 10.2 Å². The molecule has 1 heterocycles. The van der Waals surface area contributed by atoms with E-state index in [9.17, 15) is 10.2 Å². The van der Waals surface area contributed by atoms with Gasteiger partial charge in [0.25, 0.3) is 0 Å². The zero-order chi connectivity index (χ0) is 15.5. The van der Waals surface area contributed by atoms with Crippen molar-refractivity contribution in [2.24, 2.45) is 0 Å². The summed E-state index contributed by atoms with van der Waals surface area (Å²) in [7, 11) is 3.80. The van der Waals surface area contributed by atoms with Crippen molar-refractivity contribution in [2.45, 2.75) is 31.4 Å². The second-order valence-corrected chi connectivity index (χ2v) is 5.95. The van der Waals surface area contributed by atoms with E-state index in [1.54, 1.807) is 6.07 Å². The summed E-state index contributed by atoms with van der Waals surface area (Å²) in [6, 6.07) is 5.76. The van der Waals surface area contributed by atoms with E-state index >= 15 is 0 Å². The van der Waals surface area contributed by atoms with Gasteiger partial charge in [0.15, 0.2) is 0 Å². The summed E-state index contributed by atoms with van der Waals surface area (Å²) in [5.41, 5.74) is 1.07. The van der Waals surface area contributed by atoms with Gasteiger partial charge in [0, 0.05) is 63.0 Å². The van der Waals surface area contributed by atoms with Crippen molar-refractivity contribution in [3.05, 3.63) is 23.8 Å². The number of aliphatic hydroxyl groups is 1. The molecule has 1 unspecified atom stereocenters. The zero-order valence-corrected chi connectivity index (χ0v) is 13.1. The van der Waals surface area contributed by atoms with Crippen molar-refractivity contribution in [1.82, 2.24) is 5.32 Å². The highest BCUT2D eigenvalue weighted by atomic mass is 16.5. The second-order valence-electron chi connectivity index (χ2n) is 5.95. The van der Waals surface area contributed by atoms with E-state index in [4.69, 9.17) is 4.74 Å². The Morgan fingerprint density at radius 1 is 1.38 bits per heavy atom. The number of nitrogens with one attached hydrogen (secondary N) is 1. The lowest BCUT2D eigenvalue weighted by molar-refractivity contribution is -0.0572. The first kappa shape index (κ1) is 16.1. The molecule has 0 amide bonds. The van der Waals surface area contributed by atoms with Crippen molar-refractivity contribution < 1.29 is 14.9 Å². The van der Waals surface area contributed by atoms with Gasteiger partial charge in [0.2, 0.25) is 0 Å². The Balaban J connectivity index is 2.09. The average Bonchev–Trinajstić information content (AvgIpc) is 2.46. The lowest BCUT2D eigenvalue weighted by Gasteiger charge is -2.36. The number of phenols is 1. The summed E-state index contributed by atoms with van der Waals surface area (Å²) in [5, 5.41) is 23.8. The van der Waals surface area contributed by atoms with Crippen LogP contribution in [-0.4, -0.2) is 49.7 Å². The minimum atomic E-state index is -0.709. The van der Waals surface area contributed by atoms with Crippen LogP contribution in [0.3, 0.4) is 0 Å². The standard InChI is InChI=1S/C16H26N2O3/c1-12(17-2)14-5-4-13(10-15(14)19)18(3)11-16(20)6-8-21-9-7-16/h4-5,10,12,17,19-20H,6-9,11H2,1-3H3. The van der Waals surface area contributed by atoms with Crippen LogP contribution in [0.5, 0.6) is 5.75 Å². The Bertz CT molecular complexity index is 473. The molecule has 21 heavy (non-hydrogen) atoms. The number of hydrogen-bond donors (Lipinski definition) is 3. The molecular weight excluding hydrogens is 268 g/mol. The van der Waals surface area contributed by atoms with Crippen LogP contribution in [0.25, 0.3) is 0 Å². The minimum absolute atomic E-state index is 0.101. The Hall–Kier alpha value is -1.30. The van der Waals surface area contributed by atoms with E-state index in [2.05, 4.69) is 5.32 Å². The summed E-state index contributed by atoms with van der Waals surface area (Å²) in [6.07, 6.45) is 1.30. The minimum Gasteiger partial charge on any atom is -0.508 e. The SMILES string of the molecule is CNC(C)c1ccc(N(C)CC2(O)CCOCC2)cc1O. The number of nitrogens with zero attached hydrogens (tertiary/aromatic N) is 1. The average molecular weight is 294 g/mol. The van der Waals surface area contributed by atoms with E-state index in [1.165, 1.54) is 0 Å². The molecule has 0 bridgehead atoms. The van der Waals surface area contributed by atoms with Crippen LogP contribution in [0.4, 0.5) is 5.69 Å². The van der Waals surface area contributed by atoms with Crippen LogP contribution in [0, 0.1) is 0 Å². The number of benzene rings is 1. The van der Waals surface area contributed by atoms with Gasteiger partial charge >= 0.3 is 0 Å². The quantitative estimate of drug-likeness (QED) is 0.770. The van der Waals surface area contributed by atoms with Crippen LogP contribution in [0.15, 0.2) is 18.2 Å². The molecule has 1 atom stereocenters. The molecule has 118 valence electrons. The predicted octanol–water partition coefficient (Wildman–Crippen LogP) is 1.65. The van der Waals surface area contributed by atoms with Crippen molar-refractivity contribution in [2.75, 3.05) is 38.8 Å². The third kappa shape index (κ3) is 3.87. The first-order valence-electron chi connectivity index (χ1n) is 7.47. The van der Waals surface area contributed by atoms with Crippen LogP contribution >= 0.6 is 0 Å². The highest BCUT2D eigenvalue weighted by Crippen LogP contribution is 2.30. The molecule has 1 aliphatic rings. The molecule has 0 aliphatic carbocycles. The lowest BCUT2D eigenvalue weighted by Crippen LogP contribution is -2.45. The molecule has 1 aromatic carbocycles. The largest absolute Gasteiger partial charge is 0.508 e. The van der Waals surface area contributed by atoms with Crippen molar-refractivity contribution in [3.63, 3.8) is 0 Å². The molecular formula is C16H26N2O3. The first-order chi connectivity index (χ1) is 9.95.